The highest BCUT2D eigenvalue weighted by atomic mass is 32.2. The Bertz CT molecular complexity index is 1170. The zero-order valence-corrected chi connectivity index (χ0v) is 17.8. The van der Waals surface area contributed by atoms with Gasteiger partial charge < -0.3 is 4.74 Å². The van der Waals surface area contributed by atoms with Gasteiger partial charge in [-0.15, -0.1) is 0 Å². The van der Waals surface area contributed by atoms with Crippen molar-refractivity contribution in [1.82, 2.24) is 14.7 Å². The van der Waals surface area contributed by atoms with Crippen LogP contribution in [0.3, 0.4) is 0 Å². The Balaban J connectivity index is 1.69. The first-order valence-corrected chi connectivity index (χ1v) is 11.2. The number of carbonyl (C=O) groups is 3. The lowest BCUT2D eigenvalue weighted by molar-refractivity contribution is 0.0498. The molecule has 0 bridgehead atoms. The Morgan fingerprint density at radius 2 is 1.74 bits per heavy atom. The first-order valence-electron chi connectivity index (χ1n) is 8.77. The van der Waals surface area contributed by atoms with Crippen LogP contribution in [-0.4, -0.2) is 42.7 Å². The zero-order chi connectivity index (χ0) is 22.4. The summed E-state index contributed by atoms with van der Waals surface area (Å²) >= 11 is 1.27. The van der Waals surface area contributed by atoms with Gasteiger partial charge in [-0.25, -0.2) is 27.3 Å². The van der Waals surface area contributed by atoms with Crippen molar-refractivity contribution < 1.29 is 27.5 Å². The number of rotatable bonds is 4. The molecule has 1 aromatic carbocycles. The molecular weight excluding hydrogens is 442 g/mol. The van der Waals surface area contributed by atoms with Gasteiger partial charge in [0.1, 0.15) is 0 Å². The smallest absolute Gasteiger partial charge is 0.371 e. The number of carbonyl (C=O) groups excluding carboxylic acids is 3. The summed E-state index contributed by atoms with van der Waals surface area (Å²) in [5.74, 6) is -1.61. The maximum atomic E-state index is 12.8. The van der Waals surface area contributed by atoms with E-state index in [2.05, 4.69) is 10.2 Å². The van der Waals surface area contributed by atoms with Crippen LogP contribution < -0.4 is 5.43 Å². The van der Waals surface area contributed by atoms with E-state index in [-0.39, 0.29) is 16.0 Å². The number of nitrogens with one attached hydrogen (secondary N) is 1. The molecule has 2 amide bonds. The lowest BCUT2D eigenvalue weighted by atomic mass is 10.2. The van der Waals surface area contributed by atoms with Gasteiger partial charge in [0.25, 0.3) is 15.9 Å². The van der Waals surface area contributed by atoms with Gasteiger partial charge in [0.2, 0.25) is 0 Å². The van der Waals surface area contributed by atoms with Crippen molar-refractivity contribution in [2.24, 2.45) is 0 Å². The SMILES string of the molecule is CN(NC(=O)c1cccc(S(=O)(=O)N2C=CC=CC=C2)c1)C(=O)OC(=O)c1ccsc1. The Hall–Kier alpha value is -3.70. The standard InChI is InChI=1S/C20H17N3O6S2/c1-22(20(26)29-19(25)16-9-12-30-14-16)21-18(24)15-7-6-8-17(13-15)31(27,28)23-10-4-2-3-5-11-23/h2-14H,1H3,(H,21,24). The Morgan fingerprint density at radius 3 is 2.39 bits per heavy atom. The second-order valence-corrected chi connectivity index (χ2v) is 8.72. The molecular formula is C20H17N3O6S2. The highest BCUT2D eigenvalue weighted by Crippen LogP contribution is 2.19. The third kappa shape index (κ3) is 5.27. The molecule has 1 aliphatic heterocycles. The van der Waals surface area contributed by atoms with E-state index in [0.717, 1.165) is 4.31 Å². The summed E-state index contributed by atoms with van der Waals surface area (Å²) < 4.78 is 31.3. The molecule has 0 saturated carbocycles. The molecule has 31 heavy (non-hydrogen) atoms. The second kappa shape index (κ2) is 9.41. The largest absolute Gasteiger partial charge is 0.436 e. The molecule has 0 radical (unpaired) electrons. The summed E-state index contributed by atoms with van der Waals surface area (Å²) in [4.78, 5) is 36.2. The Morgan fingerprint density at radius 1 is 1.03 bits per heavy atom. The number of allylic oxidation sites excluding steroid dienone is 4. The predicted octanol–water partition coefficient (Wildman–Crippen LogP) is 2.89. The fourth-order valence-electron chi connectivity index (χ4n) is 2.38. The second-order valence-electron chi connectivity index (χ2n) is 6.10. The number of nitrogens with zero attached hydrogens (tertiary/aromatic N) is 2. The third-order valence-corrected chi connectivity index (χ3v) is 6.28. The summed E-state index contributed by atoms with van der Waals surface area (Å²) in [6.45, 7) is 0. The van der Waals surface area contributed by atoms with Crippen LogP contribution in [0.4, 0.5) is 4.79 Å². The molecule has 0 fully saturated rings. The fraction of sp³-hybridized carbons (Fsp3) is 0.0500. The average Bonchev–Trinajstić information content (AvgIpc) is 3.15. The van der Waals surface area contributed by atoms with Crippen molar-refractivity contribution in [1.29, 1.82) is 0 Å². The van der Waals surface area contributed by atoms with E-state index >= 15 is 0 Å². The molecule has 9 nitrogen and oxygen atoms in total. The van der Waals surface area contributed by atoms with E-state index < -0.39 is 28.0 Å². The van der Waals surface area contributed by atoms with Crippen molar-refractivity contribution in [2.45, 2.75) is 4.90 Å². The molecule has 3 rings (SSSR count). The van der Waals surface area contributed by atoms with E-state index in [9.17, 15) is 22.8 Å². The van der Waals surface area contributed by atoms with Crippen molar-refractivity contribution in [3.63, 3.8) is 0 Å². The Labute approximate surface area is 182 Å². The molecule has 0 spiro atoms. The molecule has 1 N–H and O–H groups in total. The van der Waals surface area contributed by atoms with Gasteiger partial charge >= 0.3 is 12.1 Å². The average molecular weight is 460 g/mol. The monoisotopic (exact) mass is 459 g/mol. The molecule has 2 heterocycles. The van der Waals surface area contributed by atoms with Crippen LogP contribution in [0.5, 0.6) is 0 Å². The van der Waals surface area contributed by atoms with Crippen LogP contribution in [-0.2, 0) is 14.8 Å². The fourth-order valence-corrected chi connectivity index (χ4v) is 4.23. The van der Waals surface area contributed by atoms with Crippen molar-refractivity contribution in [2.75, 3.05) is 7.05 Å². The highest BCUT2D eigenvalue weighted by Gasteiger charge is 2.23. The molecule has 0 saturated heterocycles. The van der Waals surface area contributed by atoms with Gasteiger partial charge in [-0.1, -0.05) is 18.2 Å². The minimum absolute atomic E-state index is 0.00853. The minimum Gasteiger partial charge on any atom is -0.371 e. The maximum Gasteiger partial charge on any atom is 0.436 e. The van der Waals surface area contributed by atoms with Gasteiger partial charge in [-0.05, 0) is 41.8 Å². The van der Waals surface area contributed by atoms with E-state index in [0.29, 0.717) is 5.01 Å². The van der Waals surface area contributed by atoms with Gasteiger partial charge in [-0.2, -0.15) is 11.3 Å². The number of hydrogen-bond acceptors (Lipinski definition) is 7. The number of thiophene rings is 1. The molecule has 0 atom stereocenters. The normalized spacial score (nSPS) is 12.9. The molecule has 11 heteroatoms. The molecule has 1 aromatic heterocycles. The van der Waals surface area contributed by atoms with Crippen molar-refractivity contribution in [3.8, 4) is 0 Å². The lowest BCUT2D eigenvalue weighted by Crippen LogP contribution is -2.44. The zero-order valence-electron chi connectivity index (χ0n) is 16.2. The summed E-state index contributed by atoms with van der Waals surface area (Å²) in [6, 6.07) is 6.82. The van der Waals surface area contributed by atoms with Crippen LogP contribution in [0.25, 0.3) is 0 Å². The number of ether oxygens (including phenoxy) is 1. The molecule has 1 aliphatic rings. The van der Waals surface area contributed by atoms with Crippen LogP contribution in [0.2, 0.25) is 0 Å². The maximum absolute atomic E-state index is 12.8. The van der Waals surface area contributed by atoms with Gasteiger partial charge in [0.15, 0.2) is 0 Å². The molecule has 0 unspecified atom stereocenters. The number of hydrogen-bond donors (Lipinski definition) is 1. The van der Waals surface area contributed by atoms with Gasteiger partial charge in [0.05, 0.1) is 10.5 Å². The first-order chi connectivity index (χ1) is 14.8. The topological polar surface area (TPSA) is 113 Å². The molecule has 160 valence electrons. The quantitative estimate of drug-likeness (QED) is 0.427. The van der Waals surface area contributed by atoms with E-state index in [4.69, 9.17) is 0 Å². The molecule has 2 aromatic rings. The van der Waals surface area contributed by atoms with Crippen LogP contribution in [0.15, 0.2) is 82.7 Å². The summed E-state index contributed by atoms with van der Waals surface area (Å²) in [5.41, 5.74) is 2.44. The van der Waals surface area contributed by atoms with Gasteiger partial charge in [0, 0.05) is 30.4 Å². The third-order valence-electron chi connectivity index (χ3n) is 3.95. The number of esters is 1. The Kier molecular flexibility index (Phi) is 6.68. The van der Waals surface area contributed by atoms with Crippen molar-refractivity contribution in [3.05, 3.63) is 88.9 Å². The number of amides is 2. The van der Waals surface area contributed by atoms with Crippen molar-refractivity contribution >= 4 is 39.3 Å². The summed E-state index contributed by atoms with van der Waals surface area (Å²) in [5, 5.41) is 3.87. The minimum atomic E-state index is -3.94. The predicted molar refractivity (Wildman–Crippen MR) is 113 cm³/mol. The van der Waals surface area contributed by atoms with Crippen LogP contribution in [0, 0.1) is 0 Å². The van der Waals surface area contributed by atoms with Crippen LogP contribution in [0.1, 0.15) is 20.7 Å². The van der Waals surface area contributed by atoms with E-state index in [1.807, 2.05) is 0 Å². The lowest BCUT2D eigenvalue weighted by Gasteiger charge is -2.18. The van der Waals surface area contributed by atoms with E-state index in [1.54, 1.807) is 29.7 Å². The van der Waals surface area contributed by atoms with E-state index in [1.165, 1.54) is 66.5 Å². The number of sulfonamides is 1. The molecule has 0 aliphatic carbocycles. The van der Waals surface area contributed by atoms with Gasteiger partial charge in [-0.3, -0.25) is 10.2 Å². The summed E-state index contributed by atoms with van der Waals surface area (Å²) in [7, 11) is -2.74. The van der Waals surface area contributed by atoms with Crippen LogP contribution >= 0.6 is 11.3 Å². The first kappa shape index (κ1) is 22.0. The number of hydrazine groups is 1. The summed E-state index contributed by atoms with van der Waals surface area (Å²) in [6.07, 6.45) is 8.12. The number of benzene rings is 1. The highest BCUT2D eigenvalue weighted by molar-refractivity contribution is 7.89.